The van der Waals surface area contributed by atoms with Gasteiger partial charge in [0.15, 0.2) is 5.69 Å². The van der Waals surface area contributed by atoms with E-state index in [4.69, 9.17) is 0 Å². The van der Waals surface area contributed by atoms with Gasteiger partial charge in [0.1, 0.15) is 5.69 Å². The van der Waals surface area contributed by atoms with Crippen molar-refractivity contribution in [1.29, 1.82) is 0 Å². The van der Waals surface area contributed by atoms with Gasteiger partial charge in [-0.1, -0.05) is 22.0 Å². The lowest BCUT2D eigenvalue weighted by molar-refractivity contribution is 0.0985. The molecular weight excluding hydrogens is 536 g/mol. The number of benzene rings is 2. The summed E-state index contributed by atoms with van der Waals surface area (Å²) in [5, 5.41) is 8.88. The van der Waals surface area contributed by atoms with Crippen molar-refractivity contribution in [3.05, 3.63) is 64.1 Å². The summed E-state index contributed by atoms with van der Waals surface area (Å²) >= 11 is 3.40. The highest BCUT2D eigenvalue weighted by atomic mass is 79.9. The summed E-state index contributed by atoms with van der Waals surface area (Å²) in [7, 11) is 0. The zero-order valence-electron chi connectivity index (χ0n) is 18.8. The van der Waals surface area contributed by atoms with Crippen molar-refractivity contribution in [1.82, 2.24) is 25.3 Å². The maximum absolute atomic E-state index is 12.9. The molecule has 0 bridgehead atoms. The van der Waals surface area contributed by atoms with Gasteiger partial charge >= 0.3 is 0 Å². The molecule has 2 aromatic heterocycles. The third-order valence-electron chi connectivity index (χ3n) is 5.71. The Balaban J connectivity index is 0.00000289. The first kappa shape index (κ1) is 24.7. The van der Waals surface area contributed by atoms with Gasteiger partial charge in [-0.2, -0.15) is 0 Å². The number of anilines is 3. The number of halogens is 2. The zero-order chi connectivity index (χ0) is 23.7. The van der Waals surface area contributed by atoms with Crippen LogP contribution in [-0.2, 0) is 0 Å². The minimum Gasteiger partial charge on any atom is -0.369 e. The molecule has 0 radical (unpaired) electrons. The van der Waals surface area contributed by atoms with Crippen molar-refractivity contribution >= 4 is 68.5 Å². The summed E-state index contributed by atoms with van der Waals surface area (Å²) in [5.41, 5.74) is 4.22. The fourth-order valence-electron chi connectivity index (χ4n) is 3.90. The van der Waals surface area contributed by atoms with Gasteiger partial charge in [-0.05, 0) is 42.8 Å². The minimum atomic E-state index is -0.519. The predicted octanol–water partition coefficient (Wildman–Crippen LogP) is 3.69. The molecule has 10 nitrogen and oxygen atoms in total. The minimum absolute atomic E-state index is 0. The smallest absolute Gasteiger partial charge is 0.276 e. The number of hydrogen-bond donors (Lipinski definition) is 5. The van der Waals surface area contributed by atoms with E-state index in [9.17, 15) is 9.59 Å². The number of aryl methyl sites for hydroxylation is 1. The fourth-order valence-corrected chi connectivity index (χ4v) is 4.26. The molecule has 0 spiro atoms. The van der Waals surface area contributed by atoms with Crippen LogP contribution in [0.2, 0.25) is 0 Å². The van der Waals surface area contributed by atoms with Gasteiger partial charge in [-0.3, -0.25) is 14.9 Å². The third kappa shape index (κ3) is 5.31. The van der Waals surface area contributed by atoms with E-state index in [0.717, 1.165) is 52.9 Å². The zero-order valence-corrected chi connectivity index (χ0v) is 21.2. The molecule has 5 rings (SSSR count). The molecule has 1 fully saturated rings. The van der Waals surface area contributed by atoms with Crippen LogP contribution in [0.5, 0.6) is 0 Å². The highest BCUT2D eigenvalue weighted by Crippen LogP contribution is 2.24. The van der Waals surface area contributed by atoms with Gasteiger partial charge < -0.3 is 25.5 Å². The second-order valence-electron chi connectivity index (χ2n) is 8.02. The van der Waals surface area contributed by atoms with Gasteiger partial charge in [0.05, 0.1) is 17.4 Å². The van der Waals surface area contributed by atoms with E-state index in [-0.39, 0.29) is 23.8 Å². The lowest BCUT2D eigenvalue weighted by atomic mass is 10.2. The number of carbonyl (C=O) groups excluding carboxylic acids is 2. The second-order valence-corrected chi connectivity index (χ2v) is 8.93. The van der Waals surface area contributed by atoms with Gasteiger partial charge in [-0.15, -0.1) is 12.4 Å². The molecule has 12 heteroatoms. The van der Waals surface area contributed by atoms with Crippen LogP contribution in [0.3, 0.4) is 0 Å². The van der Waals surface area contributed by atoms with Crippen LogP contribution in [0.4, 0.5) is 17.3 Å². The maximum atomic E-state index is 12.9. The van der Waals surface area contributed by atoms with Gasteiger partial charge in [0, 0.05) is 42.0 Å². The number of fused-ring (bicyclic) bond motifs is 1. The Bertz CT molecular complexity index is 1380. The molecule has 1 aliphatic rings. The molecule has 35 heavy (non-hydrogen) atoms. The van der Waals surface area contributed by atoms with E-state index in [1.54, 1.807) is 6.07 Å². The molecule has 182 valence electrons. The summed E-state index contributed by atoms with van der Waals surface area (Å²) in [6.45, 7) is 5.66. The number of carbonyl (C=O) groups is 2. The van der Waals surface area contributed by atoms with Crippen LogP contribution in [0.25, 0.3) is 11.0 Å². The Hall–Kier alpha value is -3.41. The Labute approximate surface area is 215 Å². The van der Waals surface area contributed by atoms with Crippen LogP contribution < -0.4 is 20.9 Å². The van der Waals surface area contributed by atoms with Crippen LogP contribution in [0.15, 0.2) is 47.2 Å². The summed E-state index contributed by atoms with van der Waals surface area (Å²) in [6, 6.07) is 11.5. The molecule has 2 amide bonds. The summed E-state index contributed by atoms with van der Waals surface area (Å²) in [5.74, 6) is -0.714. The molecule has 2 aromatic carbocycles. The van der Waals surface area contributed by atoms with E-state index < -0.39 is 11.8 Å². The van der Waals surface area contributed by atoms with E-state index in [2.05, 4.69) is 56.7 Å². The molecule has 1 saturated heterocycles. The molecule has 0 saturated carbocycles. The largest absolute Gasteiger partial charge is 0.369 e. The Morgan fingerprint density at radius 3 is 2.66 bits per heavy atom. The van der Waals surface area contributed by atoms with E-state index in [0.29, 0.717) is 11.6 Å². The van der Waals surface area contributed by atoms with E-state index >= 15 is 0 Å². The second kappa shape index (κ2) is 10.5. The summed E-state index contributed by atoms with van der Waals surface area (Å²) < 4.78 is 0.832. The number of aromatic amines is 2. The number of rotatable bonds is 5. The summed E-state index contributed by atoms with van der Waals surface area (Å²) in [4.78, 5) is 42.5. The van der Waals surface area contributed by atoms with Crippen LogP contribution in [-0.4, -0.2) is 57.9 Å². The van der Waals surface area contributed by atoms with Gasteiger partial charge in [0.2, 0.25) is 5.95 Å². The number of amides is 2. The Kier molecular flexibility index (Phi) is 7.39. The first-order chi connectivity index (χ1) is 16.5. The van der Waals surface area contributed by atoms with Crippen molar-refractivity contribution < 1.29 is 9.59 Å². The lowest BCUT2D eigenvalue weighted by Crippen LogP contribution is -2.43. The monoisotopic (exact) mass is 558 g/mol. The Morgan fingerprint density at radius 1 is 1.06 bits per heavy atom. The van der Waals surface area contributed by atoms with Gasteiger partial charge in [-0.25, -0.2) is 9.97 Å². The number of imidazole rings is 2. The molecule has 0 unspecified atom stereocenters. The highest BCUT2D eigenvalue weighted by molar-refractivity contribution is 9.10. The molecule has 0 aliphatic carbocycles. The molecule has 0 atom stereocenters. The van der Waals surface area contributed by atoms with Crippen molar-refractivity contribution in [3.63, 3.8) is 0 Å². The predicted molar refractivity (Wildman–Crippen MR) is 142 cm³/mol. The number of nitrogens with one attached hydrogen (secondary N) is 5. The van der Waals surface area contributed by atoms with E-state index in [1.165, 1.54) is 6.33 Å². The van der Waals surface area contributed by atoms with Crippen molar-refractivity contribution in [2.45, 2.75) is 6.92 Å². The number of H-pyrrole nitrogens is 2. The molecule has 4 aromatic rings. The highest BCUT2D eigenvalue weighted by Gasteiger charge is 2.22. The van der Waals surface area contributed by atoms with Crippen LogP contribution in [0.1, 0.15) is 26.5 Å². The summed E-state index contributed by atoms with van der Waals surface area (Å²) in [6.07, 6.45) is 1.32. The average molecular weight is 560 g/mol. The lowest BCUT2D eigenvalue weighted by Gasteiger charge is -2.29. The number of piperazine rings is 1. The number of hydrogen-bond acceptors (Lipinski definition) is 6. The third-order valence-corrected chi connectivity index (χ3v) is 6.20. The standard InChI is InChI=1S/C23H23BrN8O2.ClH/c1-13-2-3-14(24)10-17(13)28-21(33)19-20(27-12-26-19)22(34)31-23-29-16-5-4-15(11-18(16)30-23)32-8-6-25-7-9-32;/h2-5,10-12,25H,6-9H2,1H3,(H,26,27)(H,28,33)(H2,29,30,31,34);1H. The van der Waals surface area contributed by atoms with Crippen molar-refractivity contribution in [3.8, 4) is 0 Å². The van der Waals surface area contributed by atoms with Crippen LogP contribution in [0, 0.1) is 6.92 Å². The van der Waals surface area contributed by atoms with E-state index in [1.807, 2.05) is 37.3 Å². The van der Waals surface area contributed by atoms with Crippen molar-refractivity contribution in [2.75, 3.05) is 41.7 Å². The van der Waals surface area contributed by atoms with Gasteiger partial charge in [0.25, 0.3) is 11.8 Å². The first-order valence-corrected chi connectivity index (χ1v) is 11.6. The molecule has 3 heterocycles. The Morgan fingerprint density at radius 2 is 1.86 bits per heavy atom. The SMILES string of the molecule is Cc1ccc(Br)cc1NC(=O)c1nc[nH]c1C(=O)Nc1nc2ccc(N3CCNCC3)cc2[nH]1.Cl. The van der Waals surface area contributed by atoms with Crippen molar-refractivity contribution in [2.24, 2.45) is 0 Å². The maximum Gasteiger partial charge on any atom is 0.276 e. The average Bonchev–Trinajstić information content (AvgIpc) is 3.48. The van der Waals surface area contributed by atoms with Crippen LogP contribution >= 0.6 is 28.3 Å². The quantitative estimate of drug-likeness (QED) is 0.253. The number of aromatic nitrogens is 4. The molecule has 1 aliphatic heterocycles. The first-order valence-electron chi connectivity index (χ1n) is 10.9. The molecular formula is C23H24BrClN8O2. The normalized spacial score (nSPS) is 13.4. The molecule has 5 N–H and O–H groups in total. The topological polar surface area (TPSA) is 131 Å². The fraction of sp³-hybridized carbons (Fsp3) is 0.217. The number of nitrogens with zero attached hydrogens (tertiary/aromatic N) is 3.